The van der Waals surface area contributed by atoms with Crippen LogP contribution in [0.15, 0.2) is 24.3 Å². The number of rotatable bonds is 2. The van der Waals surface area contributed by atoms with Gasteiger partial charge in [-0.05, 0) is 128 Å². The van der Waals surface area contributed by atoms with Gasteiger partial charge in [0.05, 0.1) is 12.7 Å². The Kier molecular flexibility index (Phi) is 8.20. The standard InChI is InChI=1S/C39H55ClN2O5/c1-24-11-16-39(45-23-24)25(2)34-33(47-39)22-32-30-10-7-27-21-29(12-14-37(27,3)31(30)13-15-38(32,34)4)46-36(44)42-19-17-41(18-20-42)35(43)26-5-8-28(40)9-6-26/h5-6,8-9,24-25,27,29-34H,7,10-23H2,1-4H3/t24-,25-,27+,29-,30+,31-,32-,33-,34-,37-,38-,39+/m0/s1. The van der Waals surface area contributed by atoms with E-state index in [0.717, 1.165) is 50.0 Å². The largest absolute Gasteiger partial charge is 0.446 e. The molecule has 7 nitrogen and oxygen atoms in total. The van der Waals surface area contributed by atoms with Crippen LogP contribution in [-0.2, 0) is 14.2 Å². The van der Waals surface area contributed by atoms with E-state index in [2.05, 4.69) is 27.7 Å². The Bertz CT molecular complexity index is 1360. The number of nitrogens with zero attached hydrogens (tertiary/aromatic N) is 2. The van der Waals surface area contributed by atoms with E-state index >= 15 is 0 Å². The summed E-state index contributed by atoms with van der Waals surface area (Å²) < 4.78 is 19.7. The van der Waals surface area contributed by atoms with Gasteiger partial charge in [-0.15, -0.1) is 0 Å². The first kappa shape index (κ1) is 32.4. The zero-order valence-electron chi connectivity index (χ0n) is 28.9. The summed E-state index contributed by atoms with van der Waals surface area (Å²) in [5.74, 6) is 4.27. The van der Waals surface area contributed by atoms with Crippen LogP contribution >= 0.6 is 11.6 Å². The molecule has 0 bridgehead atoms. The van der Waals surface area contributed by atoms with Crippen LogP contribution in [0, 0.1) is 52.3 Å². The number of fused-ring (bicyclic) bond motifs is 7. The first-order valence-electron chi connectivity index (χ1n) is 18.8. The number of amides is 2. The Balaban J connectivity index is 0.864. The minimum absolute atomic E-state index is 0.00537. The summed E-state index contributed by atoms with van der Waals surface area (Å²) >= 11 is 5.99. The number of carbonyl (C=O) groups excluding carboxylic acids is 2. The van der Waals surface area contributed by atoms with Crippen LogP contribution in [0.25, 0.3) is 0 Å². The first-order chi connectivity index (χ1) is 22.5. The fraction of sp³-hybridized carbons (Fsp3) is 0.795. The molecule has 12 atom stereocenters. The zero-order chi connectivity index (χ0) is 32.7. The maximum atomic E-state index is 13.3. The molecule has 1 aromatic rings. The zero-order valence-corrected chi connectivity index (χ0v) is 29.7. The van der Waals surface area contributed by atoms with Gasteiger partial charge in [-0.1, -0.05) is 39.3 Å². The summed E-state index contributed by atoms with van der Waals surface area (Å²) in [6.07, 6.45) is 11.9. The summed E-state index contributed by atoms with van der Waals surface area (Å²) in [5, 5.41) is 0.616. The quantitative estimate of drug-likeness (QED) is 0.320. The molecule has 4 saturated carbocycles. The minimum Gasteiger partial charge on any atom is -0.446 e. The van der Waals surface area contributed by atoms with Crippen molar-refractivity contribution in [2.75, 3.05) is 32.8 Å². The summed E-state index contributed by atoms with van der Waals surface area (Å²) in [6.45, 7) is 12.9. The number of carbonyl (C=O) groups is 2. The van der Waals surface area contributed by atoms with Crippen LogP contribution < -0.4 is 0 Å². The molecule has 7 aliphatic rings. The van der Waals surface area contributed by atoms with Crippen LogP contribution in [0.2, 0.25) is 5.02 Å². The average molecular weight is 667 g/mol. The molecule has 8 rings (SSSR count). The topological polar surface area (TPSA) is 68.3 Å². The van der Waals surface area contributed by atoms with Crippen molar-refractivity contribution in [1.29, 1.82) is 0 Å². The third-order valence-corrected chi connectivity index (χ3v) is 15.3. The lowest BCUT2D eigenvalue weighted by Crippen LogP contribution is -2.55. The van der Waals surface area contributed by atoms with E-state index in [9.17, 15) is 9.59 Å². The van der Waals surface area contributed by atoms with Gasteiger partial charge in [-0.3, -0.25) is 4.79 Å². The molecule has 4 aliphatic carbocycles. The second kappa shape index (κ2) is 11.9. The second-order valence-corrected chi connectivity index (χ2v) is 17.7. The normalized spacial score (nSPS) is 45.9. The minimum atomic E-state index is -0.339. The van der Waals surface area contributed by atoms with Crippen molar-refractivity contribution in [3.8, 4) is 0 Å². The second-order valence-electron chi connectivity index (χ2n) is 17.2. The van der Waals surface area contributed by atoms with Gasteiger partial charge in [0, 0.05) is 49.1 Å². The number of benzene rings is 1. The summed E-state index contributed by atoms with van der Waals surface area (Å²) in [6, 6.07) is 7.00. The summed E-state index contributed by atoms with van der Waals surface area (Å²) in [7, 11) is 0. The van der Waals surface area contributed by atoms with Crippen molar-refractivity contribution in [1.82, 2.24) is 9.80 Å². The molecular formula is C39H55ClN2O5. The number of hydrogen-bond donors (Lipinski definition) is 0. The van der Waals surface area contributed by atoms with Crippen molar-refractivity contribution >= 4 is 23.6 Å². The van der Waals surface area contributed by atoms with E-state index in [1.54, 1.807) is 29.2 Å². The Morgan fingerprint density at radius 3 is 2.30 bits per heavy atom. The maximum absolute atomic E-state index is 13.3. The van der Waals surface area contributed by atoms with Gasteiger partial charge in [-0.25, -0.2) is 4.79 Å². The van der Waals surface area contributed by atoms with Gasteiger partial charge >= 0.3 is 6.09 Å². The SMILES string of the molecule is C[C@H]1CC[C@@]2(OC1)O[C@H]1C[C@H]3[C@@H]4CC[C@@H]5C[C@@H](OC(=O)N6CCN(C(=O)c7ccc(Cl)cc7)CC6)CC[C@]5(C)[C@H]4CC[C@]3(C)[C@H]1[C@@H]2C. The van der Waals surface area contributed by atoms with E-state index in [4.69, 9.17) is 25.8 Å². The molecule has 0 unspecified atom stereocenters. The molecule has 0 N–H and O–H groups in total. The predicted molar refractivity (Wildman–Crippen MR) is 181 cm³/mol. The lowest BCUT2D eigenvalue weighted by molar-refractivity contribution is -0.273. The van der Waals surface area contributed by atoms with Gasteiger partial charge in [0.1, 0.15) is 6.10 Å². The molecule has 3 saturated heterocycles. The summed E-state index contributed by atoms with van der Waals surface area (Å²) in [4.78, 5) is 29.8. The Hall–Kier alpha value is -1.83. The fourth-order valence-electron chi connectivity index (χ4n) is 12.4. The average Bonchev–Trinajstić information content (AvgIpc) is 3.52. The highest BCUT2D eigenvalue weighted by Crippen LogP contribution is 2.71. The van der Waals surface area contributed by atoms with Crippen molar-refractivity contribution in [3.05, 3.63) is 34.9 Å². The molecule has 258 valence electrons. The van der Waals surface area contributed by atoms with Crippen LogP contribution in [0.4, 0.5) is 4.79 Å². The molecule has 8 heteroatoms. The van der Waals surface area contributed by atoms with Crippen molar-refractivity contribution in [2.24, 2.45) is 52.3 Å². The smallest absolute Gasteiger partial charge is 0.410 e. The molecule has 3 aliphatic heterocycles. The number of piperazine rings is 1. The van der Waals surface area contributed by atoms with E-state index in [1.807, 2.05) is 4.90 Å². The fourth-order valence-corrected chi connectivity index (χ4v) is 12.6. The van der Waals surface area contributed by atoms with Crippen LogP contribution in [0.1, 0.15) is 102 Å². The lowest BCUT2D eigenvalue weighted by atomic mass is 9.44. The molecule has 0 aromatic heterocycles. The highest BCUT2D eigenvalue weighted by Gasteiger charge is 2.69. The predicted octanol–water partition coefficient (Wildman–Crippen LogP) is 8.05. The number of halogens is 1. The van der Waals surface area contributed by atoms with Gasteiger partial charge < -0.3 is 24.0 Å². The van der Waals surface area contributed by atoms with E-state index in [0.29, 0.717) is 77.4 Å². The van der Waals surface area contributed by atoms with Crippen molar-refractivity contribution in [3.63, 3.8) is 0 Å². The molecule has 2 amide bonds. The van der Waals surface area contributed by atoms with Crippen LogP contribution in [0.5, 0.6) is 0 Å². The third-order valence-electron chi connectivity index (χ3n) is 15.1. The van der Waals surface area contributed by atoms with E-state index in [1.165, 1.54) is 38.5 Å². The highest BCUT2D eigenvalue weighted by atomic mass is 35.5. The molecule has 47 heavy (non-hydrogen) atoms. The van der Waals surface area contributed by atoms with Gasteiger partial charge in [0.25, 0.3) is 5.91 Å². The number of hydrogen-bond acceptors (Lipinski definition) is 5. The van der Waals surface area contributed by atoms with E-state index < -0.39 is 0 Å². The first-order valence-corrected chi connectivity index (χ1v) is 19.2. The van der Waals surface area contributed by atoms with Crippen LogP contribution in [0.3, 0.4) is 0 Å². The Morgan fingerprint density at radius 2 is 1.57 bits per heavy atom. The Morgan fingerprint density at radius 1 is 0.851 bits per heavy atom. The van der Waals surface area contributed by atoms with Gasteiger partial charge in [0.15, 0.2) is 5.79 Å². The van der Waals surface area contributed by atoms with Gasteiger partial charge in [0.2, 0.25) is 0 Å². The molecule has 1 spiro atoms. The highest BCUT2D eigenvalue weighted by molar-refractivity contribution is 6.30. The van der Waals surface area contributed by atoms with Crippen molar-refractivity contribution < 1.29 is 23.8 Å². The van der Waals surface area contributed by atoms with Gasteiger partial charge in [-0.2, -0.15) is 0 Å². The molecule has 1 aromatic carbocycles. The Labute approximate surface area is 286 Å². The molecule has 7 fully saturated rings. The number of ether oxygens (including phenoxy) is 3. The maximum Gasteiger partial charge on any atom is 0.410 e. The monoisotopic (exact) mass is 666 g/mol. The lowest BCUT2D eigenvalue weighted by Gasteiger charge is -2.61. The van der Waals surface area contributed by atoms with Crippen molar-refractivity contribution in [2.45, 2.75) is 110 Å². The molecule has 0 radical (unpaired) electrons. The summed E-state index contributed by atoms with van der Waals surface area (Å²) in [5.41, 5.74) is 1.30. The van der Waals surface area contributed by atoms with E-state index in [-0.39, 0.29) is 23.9 Å². The molecule has 3 heterocycles. The molecular weight excluding hydrogens is 612 g/mol. The third kappa shape index (κ3) is 5.26. The van der Waals surface area contributed by atoms with Crippen LogP contribution in [-0.4, -0.2) is 72.6 Å².